The summed E-state index contributed by atoms with van der Waals surface area (Å²) in [7, 11) is 0. The van der Waals surface area contributed by atoms with Crippen LogP contribution in [0.2, 0.25) is 0 Å². The second-order valence-corrected chi connectivity index (χ2v) is 6.11. The first-order chi connectivity index (χ1) is 8.37. The number of aromatic nitrogens is 2. The summed E-state index contributed by atoms with van der Waals surface area (Å²) in [4.78, 5) is 11.6. The highest BCUT2D eigenvalue weighted by atomic mass is 15.3. The maximum atomic E-state index is 4.71. The van der Waals surface area contributed by atoms with Crippen LogP contribution in [0.25, 0.3) is 0 Å². The van der Waals surface area contributed by atoms with E-state index in [2.05, 4.69) is 49.0 Å². The minimum absolute atomic E-state index is 0.148. The van der Waals surface area contributed by atoms with Gasteiger partial charge >= 0.3 is 0 Å². The second kappa shape index (κ2) is 4.84. The average molecular weight is 248 g/mol. The topological polar surface area (TPSA) is 41.0 Å². The molecular weight excluding hydrogens is 224 g/mol. The molecule has 1 saturated heterocycles. The van der Waals surface area contributed by atoms with Crippen molar-refractivity contribution < 1.29 is 0 Å². The molecule has 1 aromatic heterocycles. The highest BCUT2D eigenvalue weighted by Crippen LogP contribution is 2.20. The SMILES string of the molecule is Cc1cc(N2CCNC(C)(C)C2)nc(C(C)C)n1. The van der Waals surface area contributed by atoms with Crippen LogP contribution in [0.3, 0.4) is 0 Å². The van der Waals surface area contributed by atoms with Crippen LogP contribution < -0.4 is 10.2 Å². The van der Waals surface area contributed by atoms with Gasteiger partial charge in [-0.25, -0.2) is 9.97 Å². The van der Waals surface area contributed by atoms with Gasteiger partial charge in [-0.3, -0.25) is 0 Å². The summed E-state index contributed by atoms with van der Waals surface area (Å²) in [5.74, 6) is 2.39. The first-order valence-electron chi connectivity index (χ1n) is 6.73. The normalized spacial score (nSPS) is 19.3. The first-order valence-corrected chi connectivity index (χ1v) is 6.73. The lowest BCUT2D eigenvalue weighted by molar-refractivity contribution is 0.351. The largest absolute Gasteiger partial charge is 0.353 e. The molecular formula is C14H24N4. The Hall–Kier alpha value is -1.16. The zero-order chi connectivity index (χ0) is 13.3. The number of nitrogens with one attached hydrogen (secondary N) is 1. The van der Waals surface area contributed by atoms with Gasteiger partial charge in [0.25, 0.3) is 0 Å². The molecule has 0 aromatic carbocycles. The highest BCUT2D eigenvalue weighted by Gasteiger charge is 2.26. The lowest BCUT2D eigenvalue weighted by Gasteiger charge is -2.39. The summed E-state index contributed by atoms with van der Waals surface area (Å²) in [5, 5.41) is 3.53. The van der Waals surface area contributed by atoms with Gasteiger partial charge in [0.2, 0.25) is 0 Å². The Kier molecular flexibility index (Phi) is 3.57. The number of rotatable bonds is 2. The third-order valence-corrected chi connectivity index (χ3v) is 3.27. The Morgan fingerprint density at radius 2 is 2.06 bits per heavy atom. The summed E-state index contributed by atoms with van der Waals surface area (Å²) in [5.41, 5.74) is 1.20. The van der Waals surface area contributed by atoms with E-state index in [0.29, 0.717) is 5.92 Å². The van der Waals surface area contributed by atoms with Crippen molar-refractivity contribution in [2.24, 2.45) is 0 Å². The summed E-state index contributed by atoms with van der Waals surface area (Å²) in [6.07, 6.45) is 0. The van der Waals surface area contributed by atoms with Crippen molar-refractivity contribution in [2.45, 2.75) is 46.1 Å². The Morgan fingerprint density at radius 3 is 2.67 bits per heavy atom. The number of hydrogen-bond acceptors (Lipinski definition) is 4. The minimum Gasteiger partial charge on any atom is -0.353 e. The fraction of sp³-hybridized carbons (Fsp3) is 0.714. The molecule has 0 saturated carbocycles. The van der Waals surface area contributed by atoms with Crippen molar-refractivity contribution in [1.29, 1.82) is 0 Å². The molecule has 1 N–H and O–H groups in total. The van der Waals surface area contributed by atoms with Crippen LogP contribution in [0.1, 0.15) is 45.1 Å². The number of piperazine rings is 1. The summed E-state index contributed by atoms with van der Waals surface area (Å²) in [6, 6.07) is 2.09. The molecule has 1 aliphatic heterocycles. The average Bonchev–Trinajstić information content (AvgIpc) is 2.26. The third kappa shape index (κ3) is 2.99. The maximum Gasteiger partial charge on any atom is 0.133 e. The van der Waals surface area contributed by atoms with Crippen LogP contribution in [0, 0.1) is 6.92 Å². The monoisotopic (exact) mass is 248 g/mol. The molecule has 0 spiro atoms. The Labute approximate surface area is 110 Å². The van der Waals surface area contributed by atoms with Crippen molar-refractivity contribution in [3.63, 3.8) is 0 Å². The van der Waals surface area contributed by atoms with E-state index in [4.69, 9.17) is 4.98 Å². The van der Waals surface area contributed by atoms with E-state index < -0.39 is 0 Å². The van der Waals surface area contributed by atoms with Gasteiger partial charge in [0, 0.05) is 42.9 Å². The van der Waals surface area contributed by atoms with Crippen LogP contribution in [-0.4, -0.2) is 35.1 Å². The molecule has 2 heterocycles. The predicted octanol–water partition coefficient (Wildman–Crippen LogP) is 2.10. The van der Waals surface area contributed by atoms with Crippen LogP contribution in [0.5, 0.6) is 0 Å². The molecule has 100 valence electrons. The van der Waals surface area contributed by atoms with E-state index in [1.54, 1.807) is 0 Å². The quantitative estimate of drug-likeness (QED) is 0.870. The van der Waals surface area contributed by atoms with Gasteiger partial charge in [-0.15, -0.1) is 0 Å². The van der Waals surface area contributed by atoms with Crippen molar-refractivity contribution in [3.8, 4) is 0 Å². The Balaban J connectivity index is 2.27. The molecule has 1 aliphatic rings. The predicted molar refractivity (Wildman–Crippen MR) is 75.2 cm³/mol. The maximum absolute atomic E-state index is 4.71. The van der Waals surface area contributed by atoms with Crippen LogP contribution in [0.15, 0.2) is 6.07 Å². The molecule has 0 unspecified atom stereocenters. The standard InChI is InChI=1S/C14H24N4/c1-10(2)13-16-11(3)8-12(17-13)18-7-6-15-14(4,5)9-18/h8,10,15H,6-7,9H2,1-5H3. The molecule has 2 rings (SSSR count). The van der Waals surface area contributed by atoms with Crippen LogP contribution in [0.4, 0.5) is 5.82 Å². The van der Waals surface area contributed by atoms with Crippen LogP contribution >= 0.6 is 0 Å². The van der Waals surface area contributed by atoms with Gasteiger partial charge < -0.3 is 10.2 Å². The van der Waals surface area contributed by atoms with Crippen molar-refractivity contribution in [3.05, 3.63) is 17.6 Å². The number of anilines is 1. The van der Waals surface area contributed by atoms with E-state index in [1.165, 1.54) is 0 Å². The van der Waals surface area contributed by atoms with Gasteiger partial charge in [0.15, 0.2) is 0 Å². The van der Waals surface area contributed by atoms with Gasteiger partial charge in [-0.05, 0) is 20.8 Å². The van der Waals surface area contributed by atoms with Gasteiger partial charge in [0.1, 0.15) is 11.6 Å². The van der Waals surface area contributed by atoms with E-state index >= 15 is 0 Å². The molecule has 18 heavy (non-hydrogen) atoms. The summed E-state index contributed by atoms with van der Waals surface area (Å²) >= 11 is 0. The Bertz CT molecular complexity index is 426. The molecule has 4 nitrogen and oxygen atoms in total. The summed E-state index contributed by atoms with van der Waals surface area (Å²) < 4.78 is 0. The first kappa shape index (κ1) is 13.3. The lowest BCUT2D eigenvalue weighted by Crippen LogP contribution is -2.57. The van der Waals surface area contributed by atoms with E-state index in [-0.39, 0.29) is 5.54 Å². The van der Waals surface area contributed by atoms with Crippen molar-refractivity contribution in [1.82, 2.24) is 15.3 Å². The molecule has 0 radical (unpaired) electrons. The smallest absolute Gasteiger partial charge is 0.133 e. The molecule has 0 aliphatic carbocycles. The molecule has 0 bridgehead atoms. The fourth-order valence-electron chi connectivity index (χ4n) is 2.33. The lowest BCUT2D eigenvalue weighted by atomic mass is 10.0. The van der Waals surface area contributed by atoms with Gasteiger partial charge in [0.05, 0.1) is 0 Å². The van der Waals surface area contributed by atoms with E-state index in [1.807, 2.05) is 6.92 Å². The number of nitrogens with zero attached hydrogens (tertiary/aromatic N) is 3. The number of aryl methyl sites for hydroxylation is 1. The molecule has 0 amide bonds. The Morgan fingerprint density at radius 1 is 1.33 bits per heavy atom. The van der Waals surface area contributed by atoms with Gasteiger partial charge in [-0.2, -0.15) is 0 Å². The fourth-order valence-corrected chi connectivity index (χ4v) is 2.33. The highest BCUT2D eigenvalue weighted by molar-refractivity contribution is 5.41. The van der Waals surface area contributed by atoms with Crippen LogP contribution in [-0.2, 0) is 0 Å². The zero-order valence-electron chi connectivity index (χ0n) is 12.1. The molecule has 1 fully saturated rings. The summed E-state index contributed by atoms with van der Waals surface area (Å²) in [6.45, 7) is 13.8. The van der Waals surface area contributed by atoms with Gasteiger partial charge in [-0.1, -0.05) is 13.8 Å². The second-order valence-electron chi connectivity index (χ2n) is 6.11. The molecule has 1 aromatic rings. The zero-order valence-corrected chi connectivity index (χ0v) is 12.1. The van der Waals surface area contributed by atoms with Crippen molar-refractivity contribution >= 4 is 5.82 Å². The van der Waals surface area contributed by atoms with E-state index in [9.17, 15) is 0 Å². The molecule has 4 heteroatoms. The third-order valence-electron chi connectivity index (χ3n) is 3.27. The molecule has 0 atom stereocenters. The van der Waals surface area contributed by atoms with Crippen molar-refractivity contribution in [2.75, 3.05) is 24.5 Å². The number of hydrogen-bond donors (Lipinski definition) is 1. The van der Waals surface area contributed by atoms with E-state index in [0.717, 1.165) is 37.0 Å². The minimum atomic E-state index is 0.148.